The van der Waals surface area contributed by atoms with E-state index < -0.39 is 17.4 Å². The highest BCUT2D eigenvalue weighted by atomic mass is 35.5. The monoisotopic (exact) mass is 497 g/mol. The second-order valence-corrected chi connectivity index (χ2v) is 8.92. The number of ether oxygens (including phenoxy) is 1. The van der Waals surface area contributed by atoms with Crippen LogP contribution in [0.25, 0.3) is 17.5 Å². The van der Waals surface area contributed by atoms with Gasteiger partial charge < -0.3 is 10.5 Å². The second kappa shape index (κ2) is 9.28. The summed E-state index contributed by atoms with van der Waals surface area (Å²) >= 11 is 13.8. The summed E-state index contributed by atoms with van der Waals surface area (Å²) in [4.78, 5) is 26.5. The fraction of sp³-hybridized carbons (Fsp3) is 0.125. The van der Waals surface area contributed by atoms with Crippen molar-refractivity contribution in [3.63, 3.8) is 0 Å². The molecule has 166 valence electrons. The molecule has 0 radical (unpaired) electrons. The number of hydrogen-bond acceptors (Lipinski definition) is 6. The van der Waals surface area contributed by atoms with Gasteiger partial charge >= 0.3 is 5.97 Å². The minimum Gasteiger partial charge on any atom is -0.463 e. The third-order valence-electron chi connectivity index (χ3n) is 5.17. The number of carbonyl (C=O) groups is 1. The Morgan fingerprint density at radius 2 is 1.88 bits per heavy atom. The molecule has 1 aromatic heterocycles. The second-order valence-electron chi connectivity index (χ2n) is 7.08. The number of aromatic nitrogens is 1. The largest absolute Gasteiger partial charge is 0.463 e. The number of benzene rings is 2. The Morgan fingerprint density at radius 1 is 1.21 bits per heavy atom. The van der Waals surface area contributed by atoms with Crippen LogP contribution in [0.15, 0.2) is 58.9 Å². The van der Waals surface area contributed by atoms with Gasteiger partial charge in [0.05, 0.1) is 34.3 Å². The van der Waals surface area contributed by atoms with Crippen molar-refractivity contribution in [3.8, 4) is 6.07 Å². The number of fused-ring (bicyclic) bond motifs is 1. The Hall–Kier alpha value is -3.31. The highest BCUT2D eigenvalue weighted by Crippen LogP contribution is 2.39. The molecule has 4 rings (SSSR count). The molecule has 0 bridgehead atoms. The lowest BCUT2D eigenvalue weighted by Crippen LogP contribution is -2.40. The van der Waals surface area contributed by atoms with Gasteiger partial charge in [0, 0.05) is 10.0 Å². The number of nitriles is 1. The van der Waals surface area contributed by atoms with Gasteiger partial charge in [-0.05, 0) is 36.3 Å². The Kier molecular flexibility index (Phi) is 6.43. The van der Waals surface area contributed by atoms with E-state index in [0.717, 1.165) is 11.3 Å². The predicted molar refractivity (Wildman–Crippen MR) is 130 cm³/mol. The molecule has 2 aromatic carbocycles. The SMILES string of the molecule is CCOC(=O)C1=c2s/c(=C/c3ccccc3Cl)c(=O)n2C(N)=C(C#N)[C@@H]1c1ccccc1Cl. The Morgan fingerprint density at radius 3 is 2.52 bits per heavy atom. The molecule has 1 aliphatic rings. The number of nitrogens with zero attached hydrogens (tertiary/aromatic N) is 2. The van der Waals surface area contributed by atoms with E-state index in [1.54, 1.807) is 61.5 Å². The Labute approximate surface area is 203 Å². The van der Waals surface area contributed by atoms with Crippen LogP contribution in [0.3, 0.4) is 0 Å². The average molecular weight is 498 g/mol. The first-order valence-electron chi connectivity index (χ1n) is 9.93. The van der Waals surface area contributed by atoms with Crippen LogP contribution in [0.5, 0.6) is 0 Å². The molecule has 3 aromatic rings. The van der Waals surface area contributed by atoms with Crippen molar-refractivity contribution < 1.29 is 9.53 Å². The number of thiazole rings is 1. The maximum absolute atomic E-state index is 13.3. The molecule has 0 aliphatic carbocycles. The van der Waals surface area contributed by atoms with E-state index in [1.807, 2.05) is 0 Å². The molecule has 1 atom stereocenters. The molecule has 0 saturated heterocycles. The molecule has 0 amide bonds. The molecule has 0 unspecified atom stereocenters. The average Bonchev–Trinajstić information content (AvgIpc) is 3.11. The zero-order chi connectivity index (χ0) is 23.7. The Bertz CT molecular complexity index is 1530. The topological polar surface area (TPSA) is 98.1 Å². The van der Waals surface area contributed by atoms with Crippen molar-refractivity contribution in [2.24, 2.45) is 5.73 Å². The number of esters is 1. The van der Waals surface area contributed by atoms with Gasteiger partial charge in [0.15, 0.2) is 0 Å². The van der Waals surface area contributed by atoms with Gasteiger partial charge in [0.25, 0.3) is 5.56 Å². The molecule has 0 fully saturated rings. The summed E-state index contributed by atoms with van der Waals surface area (Å²) in [7, 11) is 0. The number of carbonyl (C=O) groups excluding carboxylic acids is 1. The molecule has 33 heavy (non-hydrogen) atoms. The van der Waals surface area contributed by atoms with Crippen LogP contribution >= 0.6 is 34.5 Å². The van der Waals surface area contributed by atoms with Crippen LogP contribution in [0, 0.1) is 11.3 Å². The molecule has 6 nitrogen and oxygen atoms in total. The fourth-order valence-electron chi connectivity index (χ4n) is 3.71. The van der Waals surface area contributed by atoms with E-state index in [1.165, 1.54) is 4.57 Å². The lowest BCUT2D eigenvalue weighted by molar-refractivity contribution is -0.136. The first-order valence-corrected chi connectivity index (χ1v) is 11.5. The quantitative estimate of drug-likeness (QED) is 0.558. The number of rotatable bonds is 4. The van der Waals surface area contributed by atoms with E-state index in [2.05, 4.69) is 6.07 Å². The normalized spacial score (nSPS) is 15.9. The van der Waals surface area contributed by atoms with Crippen molar-refractivity contribution in [1.29, 1.82) is 5.26 Å². The zero-order valence-corrected chi connectivity index (χ0v) is 19.7. The number of nitrogens with two attached hydrogens (primary N) is 1. The van der Waals surface area contributed by atoms with Crippen LogP contribution < -0.4 is 20.5 Å². The minimum atomic E-state index is -0.881. The van der Waals surface area contributed by atoms with Gasteiger partial charge in [-0.1, -0.05) is 59.6 Å². The van der Waals surface area contributed by atoms with E-state index in [0.29, 0.717) is 25.7 Å². The van der Waals surface area contributed by atoms with E-state index in [4.69, 9.17) is 33.7 Å². The summed E-state index contributed by atoms with van der Waals surface area (Å²) in [6, 6.07) is 16.0. The van der Waals surface area contributed by atoms with Gasteiger partial charge in [-0.3, -0.25) is 9.36 Å². The summed E-state index contributed by atoms with van der Waals surface area (Å²) in [5.74, 6) is -1.58. The van der Waals surface area contributed by atoms with Crippen LogP contribution in [0.4, 0.5) is 0 Å². The van der Waals surface area contributed by atoms with Gasteiger partial charge in [0.2, 0.25) is 0 Å². The summed E-state index contributed by atoms with van der Waals surface area (Å²) in [6.45, 7) is 1.80. The molecule has 1 aliphatic heterocycles. The van der Waals surface area contributed by atoms with E-state index in [9.17, 15) is 14.9 Å². The smallest absolute Gasteiger partial charge is 0.338 e. The molecule has 2 heterocycles. The minimum absolute atomic E-state index is 0.0443. The number of allylic oxidation sites excluding steroid dienone is 1. The van der Waals surface area contributed by atoms with Crippen LogP contribution in [0.2, 0.25) is 10.0 Å². The summed E-state index contributed by atoms with van der Waals surface area (Å²) in [6.07, 6.45) is 1.63. The highest BCUT2D eigenvalue weighted by Gasteiger charge is 2.37. The molecule has 9 heteroatoms. The van der Waals surface area contributed by atoms with Crippen molar-refractivity contribution in [3.05, 3.63) is 94.8 Å². The van der Waals surface area contributed by atoms with Crippen molar-refractivity contribution in [2.45, 2.75) is 12.8 Å². The molecule has 2 N–H and O–H groups in total. The first kappa shape index (κ1) is 22.9. The maximum atomic E-state index is 13.3. The zero-order valence-electron chi connectivity index (χ0n) is 17.3. The lowest BCUT2D eigenvalue weighted by atomic mass is 9.84. The van der Waals surface area contributed by atoms with Crippen LogP contribution in [-0.2, 0) is 9.53 Å². The Balaban J connectivity index is 2.14. The summed E-state index contributed by atoms with van der Waals surface area (Å²) in [5.41, 5.74) is 7.21. The molecule has 0 spiro atoms. The van der Waals surface area contributed by atoms with Gasteiger partial charge in [-0.25, -0.2) is 4.79 Å². The van der Waals surface area contributed by atoms with Crippen molar-refractivity contribution >= 4 is 58.0 Å². The first-order chi connectivity index (χ1) is 15.9. The predicted octanol–water partition coefficient (Wildman–Crippen LogP) is 3.21. The van der Waals surface area contributed by atoms with Gasteiger partial charge in [-0.2, -0.15) is 5.26 Å². The van der Waals surface area contributed by atoms with Crippen LogP contribution in [0.1, 0.15) is 24.0 Å². The number of hydrogen-bond donors (Lipinski definition) is 1. The summed E-state index contributed by atoms with van der Waals surface area (Å²) in [5, 5.41) is 10.8. The van der Waals surface area contributed by atoms with Crippen molar-refractivity contribution in [1.82, 2.24) is 4.57 Å². The lowest BCUT2D eigenvalue weighted by Gasteiger charge is -2.25. The van der Waals surface area contributed by atoms with E-state index in [-0.39, 0.29) is 28.2 Å². The van der Waals surface area contributed by atoms with Crippen LogP contribution in [-0.4, -0.2) is 17.1 Å². The molecular weight excluding hydrogens is 481 g/mol. The van der Waals surface area contributed by atoms with Gasteiger partial charge in [0.1, 0.15) is 10.5 Å². The number of halogens is 2. The molecular formula is C24H17Cl2N3O3S. The third kappa shape index (κ3) is 3.98. The highest BCUT2D eigenvalue weighted by molar-refractivity contribution is 7.07. The standard InChI is InChI=1S/C24H17Cl2N3O3S/c1-2-32-24(31)20-19(14-8-4-6-10-17(14)26)15(12-27)21(28)29-22(30)18(33-23(20)29)11-13-7-3-5-9-16(13)25/h3-11,19H,2,28H2,1H3/b18-11+/t19-/m0/s1. The third-order valence-corrected chi connectivity index (χ3v) is 6.97. The van der Waals surface area contributed by atoms with E-state index >= 15 is 0 Å². The maximum Gasteiger partial charge on any atom is 0.338 e. The molecule has 0 saturated carbocycles. The summed E-state index contributed by atoms with van der Waals surface area (Å²) < 4.78 is 7.09. The van der Waals surface area contributed by atoms with Crippen molar-refractivity contribution in [2.75, 3.05) is 6.61 Å². The fourth-order valence-corrected chi connectivity index (χ4v) is 5.30. The van der Waals surface area contributed by atoms with Gasteiger partial charge in [-0.15, -0.1) is 11.3 Å².